The van der Waals surface area contributed by atoms with Gasteiger partial charge in [0.25, 0.3) is 0 Å². The minimum atomic E-state index is -4.31. The lowest BCUT2D eigenvalue weighted by molar-refractivity contribution is -0.137. The first-order chi connectivity index (χ1) is 11.9. The fourth-order valence-electron chi connectivity index (χ4n) is 3.07. The summed E-state index contributed by atoms with van der Waals surface area (Å²) >= 11 is 6.34. The molecule has 0 aliphatic carbocycles. The summed E-state index contributed by atoms with van der Waals surface area (Å²) in [7, 11) is 0. The van der Waals surface area contributed by atoms with Crippen molar-refractivity contribution in [2.24, 2.45) is 0 Å². The lowest BCUT2D eigenvalue weighted by Crippen LogP contribution is -2.23. The van der Waals surface area contributed by atoms with E-state index in [4.69, 9.17) is 11.6 Å². The van der Waals surface area contributed by atoms with Gasteiger partial charge in [0.05, 0.1) is 16.3 Å². The number of anilines is 2. The van der Waals surface area contributed by atoms with Crippen molar-refractivity contribution in [2.75, 3.05) is 23.3 Å². The van der Waals surface area contributed by atoms with Gasteiger partial charge in [-0.2, -0.15) is 13.2 Å². The van der Waals surface area contributed by atoms with Crippen molar-refractivity contribution in [2.45, 2.75) is 19.0 Å². The van der Waals surface area contributed by atoms with Crippen molar-refractivity contribution in [3.63, 3.8) is 0 Å². The van der Waals surface area contributed by atoms with Crippen molar-refractivity contribution in [3.05, 3.63) is 58.1 Å². The molecular formula is C18H16ClF3N2O. The molecule has 132 valence electrons. The van der Waals surface area contributed by atoms with E-state index in [1.54, 1.807) is 6.07 Å². The van der Waals surface area contributed by atoms with Crippen LogP contribution in [0.15, 0.2) is 36.4 Å². The fraction of sp³-hybridized carbons (Fsp3) is 0.278. The van der Waals surface area contributed by atoms with E-state index in [0.717, 1.165) is 41.9 Å². The van der Waals surface area contributed by atoms with Crippen LogP contribution in [0.25, 0.3) is 0 Å². The monoisotopic (exact) mass is 368 g/mol. The molecule has 0 radical (unpaired) electrons. The second kappa shape index (κ2) is 6.96. The lowest BCUT2D eigenvalue weighted by Gasteiger charge is -2.21. The molecule has 0 atom stereocenters. The minimum Gasteiger partial charge on any atom is -0.369 e. The van der Waals surface area contributed by atoms with Crippen molar-refractivity contribution in [1.29, 1.82) is 0 Å². The molecule has 0 bridgehead atoms. The Morgan fingerprint density at radius 3 is 2.56 bits per heavy atom. The summed E-state index contributed by atoms with van der Waals surface area (Å²) < 4.78 is 37.8. The SMILES string of the molecule is O=CNc1cc(Cl)c2c(c1)CCN2CCc1ccc(C(F)(F)F)cc1. The largest absolute Gasteiger partial charge is 0.416 e. The molecule has 25 heavy (non-hydrogen) atoms. The molecule has 0 fully saturated rings. The zero-order chi connectivity index (χ0) is 18.0. The Labute approximate surface area is 148 Å². The molecule has 0 unspecified atom stereocenters. The third-order valence-electron chi connectivity index (χ3n) is 4.29. The van der Waals surface area contributed by atoms with Crippen molar-refractivity contribution < 1.29 is 18.0 Å². The third-order valence-corrected chi connectivity index (χ3v) is 4.57. The van der Waals surface area contributed by atoms with Crippen LogP contribution in [-0.4, -0.2) is 19.5 Å². The van der Waals surface area contributed by atoms with Gasteiger partial charge in [-0.15, -0.1) is 0 Å². The second-order valence-electron chi connectivity index (χ2n) is 5.91. The molecule has 0 saturated carbocycles. The Morgan fingerprint density at radius 2 is 1.92 bits per heavy atom. The topological polar surface area (TPSA) is 32.3 Å². The number of benzene rings is 2. The maximum absolute atomic E-state index is 12.6. The number of nitrogens with zero attached hydrogens (tertiary/aromatic N) is 1. The minimum absolute atomic E-state index is 0.562. The van der Waals surface area contributed by atoms with Gasteiger partial charge < -0.3 is 10.2 Å². The number of carbonyl (C=O) groups is 1. The highest BCUT2D eigenvalue weighted by Gasteiger charge is 2.30. The van der Waals surface area contributed by atoms with E-state index in [1.807, 2.05) is 6.07 Å². The normalized spacial score (nSPS) is 13.7. The number of nitrogens with one attached hydrogen (secondary N) is 1. The first-order valence-corrected chi connectivity index (χ1v) is 8.20. The van der Waals surface area contributed by atoms with E-state index in [0.29, 0.717) is 30.1 Å². The fourth-order valence-corrected chi connectivity index (χ4v) is 3.43. The van der Waals surface area contributed by atoms with Gasteiger partial charge in [0.2, 0.25) is 6.41 Å². The Kier molecular flexibility index (Phi) is 4.90. The quantitative estimate of drug-likeness (QED) is 0.786. The molecule has 0 saturated heterocycles. The van der Waals surface area contributed by atoms with Gasteiger partial charge in [0, 0.05) is 18.8 Å². The van der Waals surface area contributed by atoms with E-state index < -0.39 is 11.7 Å². The second-order valence-corrected chi connectivity index (χ2v) is 6.32. The standard InChI is InChI=1S/C18H16ClF3N2O/c19-16-10-15(23-11-25)9-13-6-8-24(17(13)16)7-5-12-1-3-14(4-2-12)18(20,21)22/h1-4,9-11H,5-8H2,(H,23,25). The molecule has 1 N–H and O–H groups in total. The third kappa shape index (κ3) is 3.90. The van der Waals surface area contributed by atoms with Crippen LogP contribution in [0.2, 0.25) is 5.02 Å². The molecule has 0 spiro atoms. The summed E-state index contributed by atoms with van der Waals surface area (Å²) in [5, 5.41) is 3.15. The predicted octanol–water partition coefficient (Wildman–Crippen LogP) is 4.53. The molecule has 3 rings (SSSR count). The van der Waals surface area contributed by atoms with E-state index >= 15 is 0 Å². The maximum atomic E-state index is 12.6. The first-order valence-electron chi connectivity index (χ1n) is 7.82. The van der Waals surface area contributed by atoms with Gasteiger partial charge in [-0.3, -0.25) is 4.79 Å². The number of fused-ring (bicyclic) bond motifs is 1. The maximum Gasteiger partial charge on any atom is 0.416 e. The summed E-state index contributed by atoms with van der Waals surface area (Å²) in [6, 6.07) is 8.84. The summed E-state index contributed by atoms with van der Waals surface area (Å²) in [4.78, 5) is 12.7. The van der Waals surface area contributed by atoms with Crippen molar-refractivity contribution in [1.82, 2.24) is 0 Å². The zero-order valence-electron chi connectivity index (χ0n) is 13.2. The Hall–Kier alpha value is -2.21. The Bertz CT molecular complexity index is 775. The van der Waals surface area contributed by atoms with Crippen LogP contribution < -0.4 is 10.2 Å². The molecule has 0 aromatic heterocycles. The Morgan fingerprint density at radius 1 is 1.20 bits per heavy atom. The smallest absolute Gasteiger partial charge is 0.369 e. The summed E-state index contributed by atoms with van der Waals surface area (Å²) in [5.74, 6) is 0. The molecule has 2 aromatic carbocycles. The van der Waals surface area contributed by atoms with Crippen LogP contribution in [-0.2, 0) is 23.8 Å². The number of rotatable bonds is 5. The van der Waals surface area contributed by atoms with E-state index in [1.165, 1.54) is 12.1 Å². The highest BCUT2D eigenvalue weighted by molar-refractivity contribution is 6.34. The average Bonchev–Trinajstić information content (AvgIpc) is 2.96. The molecule has 1 amide bonds. The van der Waals surface area contributed by atoms with Crippen molar-refractivity contribution in [3.8, 4) is 0 Å². The molecule has 3 nitrogen and oxygen atoms in total. The summed E-state index contributed by atoms with van der Waals surface area (Å²) in [6.07, 6.45) is -2.26. The van der Waals surface area contributed by atoms with Gasteiger partial charge in [0.1, 0.15) is 0 Å². The molecular weight excluding hydrogens is 353 g/mol. The highest BCUT2D eigenvalue weighted by Crippen LogP contribution is 2.38. The first kappa shape index (κ1) is 17.6. The van der Waals surface area contributed by atoms with Gasteiger partial charge in [0.15, 0.2) is 0 Å². The number of halogens is 4. The van der Waals surface area contributed by atoms with Gasteiger partial charge in [-0.1, -0.05) is 23.7 Å². The number of alkyl halides is 3. The van der Waals surface area contributed by atoms with Crippen LogP contribution in [0.4, 0.5) is 24.5 Å². The van der Waals surface area contributed by atoms with E-state index in [2.05, 4.69) is 10.2 Å². The van der Waals surface area contributed by atoms with Crippen LogP contribution in [0.3, 0.4) is 0 Å². The molecule has 1 aliphatic heterocycles. The van der Waals surface area contributed by atoms with Gasteiger partial charge >= 0.3 is 6.18 Å². The van der Waals surface area contributed by atoms with Crippen LogP contribution in [0, 0.1) is 0 Å². The Balaban J connectivity index is 1.69. The predicted molar refractivity (Wildman–Crippen MR) is 92.2 cm³/mol. The van der Waals surface area contributed by atoms with E-state index in [-0.39, 0.29) is 0 Å². The van der Waals surface area contributed by atoms with Crippen LogP contribution in [0.5, 0.6) is 0 Å². The molecule has 1 heterocycles. The van der Waals surface area contributed by atoms with E-state index in [9.17, 15) is 18.0 Å². The summed E-state index contributed by atoms with van der Waals surface area (Å²) in [6.45, 7) is 1.46. The average molecular weight is 369 g/mol. The van der Waals surface area contributed by atoms with Gasteiger partial charge in [-0.25, -0.2) is 0 Å². The highest BCUT2D eigenvalue weighted by atomic mass is 35.5. The molecule has 7 heteroatoms. The van der Waals surface area contributed by atoms with Crippen molar-refractivity contribution >= 4 is 29.4 Å². The van der Waals surface area contributed by atoms with Gasteiger partial charge in [-0.05, 0) is 48.2 Å². The molecule has 2 aromatic rings. The number of hydrogen-bond donors (Lipinski definition) is 1. The number of hydrogen-bond acceptors (Lipinski definition) is 2. The summed E-state index contributed by atoms with van der Waals surface area (Å²) in [5.41, 5.74) is 2.86. The lowest BCUT2D eigenvalue weighted by atomic mass is 10.1. The zero-order valence-corrected chi connectivity index (χ0v) is 14.0. The number of carbonyl (C=O) groups excluding carboxylic acids is 1. The number of amides is 1. The van der Waals surface area contributed by atoms with Crippen LogP contribution >= 0.6 is 11.6 Å². The molecule has 1 aliphatic rings. The van der Waals surface area contributed by atoms with Crippen LogP contribution in [0.1, 0.15) is 16.7 Å².